The van der Waals surface area contributed by atoms with Crippen molar-refractivity contribution >= 4 is 29.5 Å². The van der Waals surface area contributed by atoms with Gasteiger partial charge in [0.15, 0.2) is 5.69 Å². The maximum Gasteiger partial charge on any atom is 0.279 e. The average molecular weight is 420 g/mol. The fraction of sp³-hybridized carbons (Fsp3) is 0.333. The minimum Gasteiger partial charge on any atom is -0.480 e. The summed E-state index contributed by atoms with van der Waals surface area (Å²) in [7, 11) is 4.59. The summed E-state index contributed by atoms with van der Waals surface area (Å²) in [5.74, 6) is 0.0345. The van der Waals surface area contributed by atoms with Gasteiger partial charge in [0.25, 0.3) is 5.91 Å². The van der Waals surface area contributed by atoms with Crippen LogP contribution in [0.15, 0.2) is 29.4 Å². The van der Waals surface area contributed by atoms with E-state index < -0.39 is 17.3 Å². The van der Waals surface area contributed by atoms with Crippen LogP contribution < -0.4 is 20.5 Å². The molecule has 0 radical (unpaired) electrons. The molecule has 11 heteroatoms. The lowest BCUT2D eigenvalue weighted by atomic mass is 9.93. The standard InChI is InChI=1S/C18H21FN6O3S/c1-18(9-29-25(2)17(20)24-18)11-7-10(5-6-12(11)19)22-15(26)14-16(28-4)23-13(27-3)8-21-14/h5-8H,9H2,1-4H3,(H2,20,24)(H,22,26)/t18-/m0/s1. The molecule has 1 amide bonds. The third-order valence-corrected chi connectivity index (χ3v) is 5.63. The smallest absolute Gasteiger partial charge is 0.279 e. The molecule has 3 N–H and O–H groups in total. The van der Waals surface area contributed by atoms with E-state index in [0.29, 0.717) is 23.0 Å². The minimum absolute atomic E-state index is 0.0141. The van der Waals surface area contributed by atoms with Gasteiger partial charge in [0.05, 0.1) is 20.4 Å². The second kappa shape index (κ2) is 8.11. The van der Waals surface area contributed by atoms with Crippen molar-refractivity contribution in [3.05, 3.63) is 41.5 Å². The maximum atomic E-state index is 14.6. The Morgan fingerprint density at radius 3 is 2.79 bits per heavy atom. The molecule has 9 nitrogen and oxygen atoms in total. The van der Waals surface area contributed by atoms with Crippen LogP contribution in [0.4, 0.5) is 10.1 Å². The summed E-state index contributed by atoms with van der Waals surface area (Å²) >= 11 is 1.44. The van der Waals surface area contributed by atoms with E-state index in [4.69, 9.17) is 15.2 Å². The van der Waals surface area contributed by atoms with Crippen molar-refractivity contribution < 1.29 is 18.7 Å². The Morgan fingerprint density at radius 2 is 2.14 bits per heavy atom. The Bertz CT molecular complexity index is 973. The second-order valence-electron chi connectivity index (χ2n) is 6.43. The first-order chi connectivity index (χ1) is 13.8. The van der Waals surface area contributed by atoms with Crippen LogP contribution in [-0.2, 0) is 5.54 Å². The lowest BCUT2D eigenvalue weighted by Gasteiger charge is -2.34. The summed E-state index contributed by atoms with van der Waals surface area (Å²) in [6, 6.07) is 4.28. The van der Waals surface area contributed by atoms with Gasteiger partial charge < -0.3 is 20.5 Å². The van der Waals surface area contributed by atoms with E-state index in [1.54, 1.807) is 24.3 Å². The van der Waals surface area contributed by atoms with Gasteiger partial charge in [-0.25, -0.2) is 14.4 Å². The highest BCUT2D eigenvalue weighted by Gasteiger charge is 2.34. The molecule has 29 heavy (non-hydrogen) atoms. The van der Waals surface area contributed by atoms with Crippen LogP contribution in [-0.4, -0.2) is 53.2 Å². The number of nitrogens with two attached hydrogens (primary N) is 1. The number of aliphatic imine (C=N–C) groups is 1. The number of carbonyl (C=O) groups is 1. The first-order valence-electron chi connectivity index (χ1n) is 8.56. The molecule has 0 unspecified atom stereocenters. The van der Waals surface area contributed by atoms with E-state index in [0.717, 1.165) is 0 Å². The summed E-state index contributed by atoms with van der Waals surface area (Å²) in [5.41, 5.74) is 5.72. The van der Waals surface area contributed by atoms with Crippen molar-refractivity contribution in [3.8, 4) is 11.8 Å². The molecule has 0 saturated carbocycles. The Labute approximate surface area is 171 Å². The van der Waals surface area contributed by atoms with Crippen LogP contribution in [0.1, 0.15) is 23.0 Å². The number of nitrogens with one attached hydrogen (secondary N) is 1. The second-order valence-corrected chi connectivity index (χ2v) is 7.53. The van der Waals surface area contributed by atoms with Crippen molar-refractivity contribution in [2.24, 2.45) is 10.7 Å². The fourth-order valence-corrected chi connectivity index (χ4v) is 3.58. The number of carbonyl (C=O) groups excluding carboxylic acids is 1. The highest BCUT2D eigenvalue weighted by Crippen LogP contribution is 2.36. The molecule has 2 aromatic rings. The molecule has 0 fully saturated rings. The number of amides is 1. The molecule has 1 aliphatic heterocycles. The number of aromatic nitrogens is 2. The fourth-order valence-electron chi connectivity index (χ4n) is 2.74. The lowest BCUT2D eigenvalue weighted by Crippen LogP contribution is -2.40. The number of nitrogens with zero attached hydrogens (tertiary/aromatic N) is 4. The summed E-state index contributed by atoms with van der Waals surface area (Å²) in [5, 5.41) is 2.69. The number of hydrogen-bond acceptors (Lipinski definition) is 9. The predicted octanol–water partition coefficient (Wildman–Crippen LogP) is 2.01. The van der Waals surface area contributed by atoms with Crippen LogP contribution in [0.3, 0.4) is 0 Å². The molecule has 0 aliphatic carbocycles. The SMILES string of the molecule is COc1cnc(C(=O)Nc2ccc(F)c([C@]3(C)CSN(C)C(N)=N3)c2)c(OC)n1. The first kappa shape index (κ1) is 20.6. The number of hydrogen-bond donors (Lipinski definition) is 2. The van der Waals surface area contributed by atoms with E-state index in [2.05, 4.69) is 20.3 Å². The van der Waals surface area contributed by atoms with Crippen molar-refractivity contribution in [2.75, 3.05) is 32.3 Å². The third-order valence-electron chi connectivity index (χ3n) is 4.36. The largest absolute Gasteiger partial charge is 0.480 e. The van der Waals surface area contributed by atoms with Gasteiger partial charge in [-0.3, -0.25) is 9.10 Å². The van der Waals surface area contributed by atoms with E-state index in [9.17, 15) is 9.18 Å². The summed E-state index contributed by atoms with van der Waals surface area (Å²) in [6.45, 7) is 1.79. The Hall–Kier alpha value is -3.08. The molecule has 1 aromatic heterocycles. The number of methoxy groups -OCH3 is 2. The van der Waals surface area contributed by atoms with Gasteiger partial charge in [0, 0.05) is 24.1 Å². The maximum absolute atomic E-state index is 14.6. The molecule has 1 aliphatic rings. The number of benzene rings is 1. The van der Waals surface area contributed by atoms with Gasteiger partial charge in [0.1, 0.15) is 11.4 Å². The normalized spacial score (nSPS) is 18.8. The molecule has 0 saturated heterocycles. The molecule has 1 aromatic carbocycles. The van der Waals surface area contributed by atoms with Crippen LogP contribution in [0.5, 0.6) is 11.8 Å². The molecule has 3 rings (SSSR count). The number of anilines is 1. The van der Waals surface area contributed by atoms with Crippen LogP contribution in [0, 0.1) is 5.82 Å². The molecule has 154 valence electrons. The van der Waals surface area contributed by atoms with Gasteiger partial charge in [-0.2, -0.15) is 4.98 Å². The molecular weight excluding hydrogens is 399 g/mol. The summed E-state index contributed by atoms with van der Waals surface area (Å²) < 4.78 is 26.4. The predicted molar refractivity (Wildman–Crippen MR) is 109 cm³/mol. The lowest BCUT2D eigenvalue weighted by molar-refractivity contribution is 0.101. The highest BCUT2D eigenvalue weighted by molar-refractivity contribution is 7.97. The minimum atomic E-state index is -0.871. The van der Waals surface area contributed by atoms with E-state index in [1.165, 1.54) is 44.5 Å². The third kappa shape index (κ3) is 4.19. The van der Waals surface area contributed by atoms with E-state index in [-0.39, 0.29) is 17.5 Å². The number of guanidine groups is 1. The van der Waals surface area contributed by atoms with Gasteiger partial charge in [-0.15, -0.1) is 0 Å². The van der Waals surface area contributed by atoms with Crippen LogP contribution in [0.25, 0.3) is 0 Å². The average Bonchev–Trinajstić information content (AvgIpc) is 2.71. The molecule has 0 spiro atoms. The molecular formula is C18H21FN6O3S. The Morgan fingerprint density at radius 1 is 1.38 bits per heavy atom. The van der Waals surface area contributed by atoms with E-state index in [1.807, 2.05) is 0 Å². The van der Waals surface area contributed by atoms with Crippen molar-refractivity contribution in [3.63, 3.8) is 0 Å². The molecule has 2 heterocycles. The van der Waals surface area contributed by atoms with Crippen LogP contribution in [0.2, 0.25) is 0 Å². The van der Waals surface area contributed by atoms with Crippen molar-refractivity contribution in [2.45, 2.75) is 12.5 Å². The van der Waals surface area contributed by atoms with Gasteiger partial charge >= 0.3 is 0 Å². The molecule has 0 bridgehead atoms. The van der Waals surface area contributed by atoms with Crippen molar-refractivity contribution in [1.82, 2.24) is 14.3 Å². The van der Waals surface area contributed by atoms with Gasteiger partial charge in [0.2, 0.25) is 17.7 Å². The zero-order chi connectivity index (χ0) is 21.2. The zero-order valence-electron chi connectivity index (χ0n) is 16.4. The number of halogens is 1. The van der Waals surface area contributed by atoms with Crippen LogP contribution >= 0.6 is 11.9 Å². The highest BCUT2D eigenvalue weighted by atomic mass is 32.2. The number of rotatable bonds is 5. The quantitative estimate of drug-likeness (QED) is 0.706. The Kier molecular flexibility index (Phi) is 5.78. The van der Waals surface area contributed by atoms with E-state index >= 15 is 0 Å². The molecule has 1 atom stereocenters. The van der Waals surface area contributed by atoms with Crippen molar-refractivity contribution in [1.29, 1.82) is 0 Å². The Balaban J connectivity index is 1.90. The summed E-state index contributed by atoms with van der Waals surface area (Å²) in [4.78, 5) is 25.2. The van der Waals surface area contributed by atoms with Gasteiger partial charge in [-0.05, 0) is 37.1 Å². The first-order valence-corrected chi connectivity index (χ1v) is 9.50. The summed E-state index contributed by atoms with van der Waals surface area (Å²) in [6.07, 6.45) is 1.31. The van der Waals surface area contributed by atoms with Gasteiger partial charge in [-0.1, -0.05) is 0 Å². The topological polar surface area (TPSA) is 115 Å². The zero-order valence-corrected chi connectivity index (χ0v) is 17.2. The number of ether oxygens (including phenoxy) is 2. The monoisotopic (exact) mass is 420 g/mol.